The molecular weight excluding hydrogens is 411 g/mol. The Hall–Kier alpha value is -4.07. The van der Waals surface area contributed by atoms with Crippen molar-refractivity contribution in [2.45, 2.75) is 25.6 Å². The van der Waals surface area contributed by atoms with Crippen molar-refractivity contribution in [1.29, 1.82) is 0 Å². The van der Waals surface area contributed by atoms with Gasteiger partial charge < -0.3 is 10.6 Å². The summed E-state index contributed by atoms with van der Waals surface area (Å²) in [6.07, 6.45) is 3.41. The normalized spacial score (nSPS) is 15.9. The second-order valence-electron chi connectivity index (χ2n) is 7.48. The number of aromatic nitrogens is 1. The summed E-state index contributed by atoms with van der Waals surface area (Å²) in [5.74, 6) is -0.982. The van der Waals surface area contributed by atoms with E-state index in [4.69, 9.17) is 0 Å². The molecule has 1 aliphatic rings. The Balaban J connectivity index is 1.39. The largest absolute Gasteiger partial charge is 0.348 e. The number of benzene rings is 2. The lowest BCUT2D eigenvalue weighted by Gasteiger charge is -2.31. The van der Waals surface area contributed by atoms with E-state index in [0.29, 0.717) is 23.2 Å². The zero-order valence-electron chi connectivity index (χ0n) is 17.1. The van der Waals surface area contributed by atoms with E-state index in [0.717, 1.165) is 10.5 Å². The Kier molecular flexibility index (Phi) is 6.21. The molecule has 4 amide bonds. The van der Waals surface area contributed by atoms with Crippen molar-refractivity contribution in [1.82, 2.24) is 20.5 Å². The minimum absolute atomic E-state index is 0.0462. The van der Waals surface area contributed by atoms with Crippen LogP contribution in [0.25, 0.3) is 0 Å². The predicted octanol–water partition coefficient (Wildman–Crippen LogP) is 3.33. The number of rotatable bonds is 6. The highest BCUT2D eigenvalue weighted by atomic mass is 19.1. The average Bonchev–Trinajstić information content (AvgIpc) is 2.81. The Morgan fingerprint density at radius 1 is 1.09 bits per heavy atom. The van der Waals surface area contributed by atoms with Crippen molar-refractivity contribution in [2.24, 2.45) is 0 Å². The van der Waals surface area contributed by atoms with Gasteiger partial charge in [0.15, 0.2) is 0 Å². The summed E-state index contributed by atoms with van der Waals surface area (Å²) in [6.45, 7) is 0.388. The molecule has 4 rings (SSSR count). The van der Waals surface area contributed by atoms with Gasteiger partial charge in [-0.05, 0) is 47.0 Å². The molecule has 1 aromatic heterocycles. The molecule has 7 nitrogen and oxygen atoms in total. The van der Waals surface area contributed by atoms with E-state index in [1.807, 2.05) is 6.07 Å². The van der Waals surface area contributed by atoms with E-state index in [1.165, 1.54) is 12.1 Å². The number of imide groups is 1. The van der Waals surface area contributed by atoms with Gasteiger partial charge in [0, 0.05) is 24.5 Å². The van der Waals surface area contributed by atoms with Gasteiger partial charge >= 0.3 is 6.03 Å². The molecule has 0 unspecified atom stereocenters. The quantitative estimate of drug-likeness (QED) is 0.625. The number of halogens is 1. The van der Waals surface area contributed by atoms with Crippen LogP contribution in [-0.4, -0.2) is 27.7 Å². The van der Waals surface area contributed by atoms with Crippen molar-refractivity contribution < 1.29 is 18.8 Å². The van der Waals surface area contributed by atoms with Crippen molar-refractivity contribution >= 4 is 17.8 Å². The highest BCUT2D eigenvalue weighted by Crippen LogP contribution is 2.24. The molecule has 2 heterocycles. The molecule has 0 saturated carbocycles. The van der Waals surface area contributed by atoms with E-state index in [2.05, 4.69) is 15.6 Å². The van der Waals surface area contributed by atoms with Crippen molar-refractivity contribution in [2.75, 3.05) is 0 Å². The number of nitrogens with one attached hydrogen (secondary N) is 2. The Labute approximate surface area is 184 Å². The first-order valence-corrected chi connectivity index (χ1v) is 10.1. The molecule has 0 aliphatic carbocycles. The third kappa shape index (κ3) is 4.97. The van der Waals surface area contributed by atoms with E-state index >= 15 is 0 Å². The van der Waals surface area contributed by atoms with E-state index in [9.17, 15) is 18.8 Å². The minimum Gasteiger partial charge on any atom is -0.348 e. The van der Waals surface area contributed by atoms with Gasteiger partial charge in [0.1, 0.15) is 5.82 Å². The van der Waals surface area contributed by atoms with Crippen molar-refractivity contribution in [3.8, 4) is 0 Å². The number of carbonyl (C=O) groups excluding carboxylic acids is 3. The second-order valence-corrected chi connectivity index (χ2v) is 7.48. The molecular formula is C24H21FN4O3. The maximum absolute atomic E-state index is 13.1. The molecule has 8 heteroatoms. The Morgan fingerprint density at radius 3 is 2.59 bits per heavy atom. The third-order valence-electron chi connectivity index (χ3n) is 5.20. The van der Waals surface area contributed by atoms with Crippen LogP contribution in [0.4, 0.5) is 9.18 Å². The van der Waals surface area contributed by atoms with Gasteiger partial charge in [-0.3, -0.25) is 19.5 Å². The first-order valence-electron chi connectivity index (χ1n) is 10.1. The fourth-order valence-corrected chi connectivity index (χ4v) is 3.51. The summed E-state index contributed by atoms with van der Waals surface area (Å²) < 4.78 is 13.1. The molecule has 0 radical (unpaired) electrons. The van der Waals surface area contributed by atoms with Crippen LogP contribution in [0.1, 0.15) is 39.5 Å². The fourth-order valence-electron chi connectivity index (χ4n) is 3.51. The lowest BCUT2D eigenvalue weighted by atomic mass is 10.0. The standard InChI is InChI=1S/C24H21FN4O3/c25-20-8-6-18(7-9-20)21-12-22(30)29(24(32)28-21)15-16-3-1-5-19(11-16)23(31)27-14-17-4-2-10-26-13-17/h1-11,13,21H,12,14-15H2,(H,27,31)(H,28,32)/t21-/m1/s1. The SMILES string of the molecule is O=C(NCc1cccnc1)c1cccc(CN2C(=O)C[C@H](c3ccc(F)cc3)NC2=O)c1. The van der Waals surface area contributed by atoms with Crippen LogP contribution >= 0.6 is 0 Å². The molecule has 3 aromatic rings. The summed E-state index contributed by atoms with van der Waals surface area (Å²) >= 11 is 0. The molecule has 1 atom stereocenters. The second kappa shape index (κ2) is 9.38. The first kappa shape index (κ1) is 21.2. The topological polar surface area (TPSA) is 91.4 Å². The number of nitrogens with zero attached hydrogens (tertiary/aromatic N) is 2. The smallest absolute Gasteiger partial charge is 0.324 e. The van der Waals surface area contributed by atoms with Gasteiger partial charge in [0.05, 0.1) is 19.0 Å². The molecule has 1 saturated heterocycles. The predicted molar refractivity (Wildman–Crippen MR) is 115 cm³/mol. The molecule has 1 fully saturated rings. The molecule has 162 valence electrons. The zero-order valence-corrected chi connectivity index (χ0v) is 17.1. The van der Waals surface area contributed by atoms with Gasteiger partial charge in [-0.15, -0.1) is 0 Å². The lowest BCUT2D eigenvalue weighted by molar-refractivity contribution is -0.130. The van der Waals surface area contributed by atoms with Crippen molar-refractivity contribution in [3.05, 3.63) is 101 Å². The van der Waals surface area contributed by atoms with Gasteiger partial charge in [0.2, 0.25) is 5.91 Å². The number of carbonyl (C=O) groups is 3. The lowest BCUT2D eigenvalue weighted by Crippen LogP contribution is -2.50. The van der Waals surface area contributed by atoms with E-state index < -0.39 is 12.1 Å². The molecule has 0 bridgehead atoms. The third-order valence-corrected chi connectivity index (χ3v) is 5.20. The monoisotopic (exact) mass is 432 g/mol. The maximum atomic E-state index is 13.1. The van der Waals surface area contributed by atoms with Crippen LogP contribution in [0.3, 0.4) is 0 Å². The van der Waals surface area contributed by atoms with Gasteiger partial charge in [-0.25, -0.2) is 9.18 Å². The maximum Gasteiger partial charge on any atom is 0.324 e. The highest BCUT2D eigenvalue weighted by molar-refractivity contribution is 5.97. The number of amides is 4. The van der Waals surface area contributed by atoms with Gasteiger partial charge in [-0.1, -0.05) is 30.3 Å². The van der Waals surface area contributed by atoms with Crippen LogP contribution in [-0.2, 0) is 17.9 Å². The average molecular weight is 432 g/mol. The van der Waals surface area contributed by atoms with Crippen LogP contribution < -0.4 is 10.6 Å². The van der Waals surface area contributed by atoms with Crippen LogP contribution in [0.2, 0.25) is 0 Å². The number of hydrogen-bond donors (Lipinski definition) is 2. The highest BCUT2D eigenvalue weighted by Gasteiger charge is 2.32. The summed E-state index contributed by atoms with van der Waals surface area (Å²) in [5.41, 5.74) is 2.63. The molecule has 2 aromatic carbocycles. The summed E-state index contributed by atoms with van der Waals surface area (Å²) in [7, 11) is 0. The summed E-state index contributed by atoms with van der Waals surface area (Å²) in [4.78, 5) is 42.8. The number of pyridine rings is 1. The van der Waals surface area contributed by atoms with Gasteiger partial charge in [-0.2, -0.15) is 0 Å². The van der Waals surface area contributed by atoms with E-state index in [-0.39, 0.29) is 30.6 Å². The number of urea groups is 1. The molecule has 0 spiro atoms. The summed E-state index contributed by atoms with van der Waals surface area (Å²) in [5, 5.41) is 5.61. The van der Waals surface area contributed by atoms with Crippen LogP contribution in [0, 0.1) is 5.82 Å². The Bertz CT molecular complexity index is 1120. The van der Waals surface area contributed by atoms with Crippen LogP contribution in [0.15, 0.2) is 73.1 Å². The Morgan fingerprint density at radius 2 is 1.88 bits per heavy atom. The van der Waals surface area contributed by atoms with E-state index in [1.54, 1.807) is 54.9 Å². The number of hydrogen-bond acceptors (Lipinski definition) is 4. The molecule has 2 N–H and O–H groups in total. The first-order chi connectivity index (χ1) is 15.5. The minimum atomic E-state index is -0.526. The van der Waals surface area contributed by atoms with Gasteiger partial charge in [0.25, 0.3) is 5.91 Å². The summed E-state index contributed by atoms with van der Waals surface area (Å²) in [6, 6.07) is 15.1. The van der Waals surface area contributed by atoms with Crippen LogP contribution in [0.5, 0.6) is 0 Å². The zero-order chi connectivity index (χ0) is 22.5. The molecule has 1 aliphatic heterocycles. The molecule has 32 heavy (non-hydrogen) atoms. The fraction of sp³-hybridized carbons (Fsp3) is 0.167. The van der Waals surface area contributed by atoms with Crippen molar-refractivity contribution in [3.63, 3.8) is 0 Å².